The second-order valence-corrected chi connectivity index (χ2v) is 8.77. The third kappa shape index (κ3) is 3.49. The molecule has 0 spiro atoms. The van der Waals surface area contributed by atoms with Crippen LogP contribution < -0.4 is 5.32 Å². The summed E-state index contributed by atoms with van der Waals surface area (Å²) >= 11 is 1.53. The first-order chi connectivity index (χ1) is 12.6. The number of amides is 1. The molecule has 2 aromatic heterocycles. The lowest BCUT2D eigenvalue weighted by Crippen LogP contribution is -2.44. The quantitative estimate of drug-likeness (QED) is 0.867. The summed E-state index contributed by atoms with van der Waals surface area (Å²) in [6, 6.07) is 0.287. The molecule has 2 aliphatic rings. The number of hydrogen-bond acceptors (Lipinski definition) is 5. The van der Waals surface area contributed by atoms with Crippen LogP contribution in [-0.4, -0.2) is 46.5 Å². The van der Waals surface area contributed by atoms with Crippen molar-refractivity contribution in [3.05, 3.63) is 22.0 Å². The lowest BCUT2D eigenvalue weighted by molar-refractivity contribution is 0.0915. The van der Waals surface area contributed by atoms with Gasteiger partial charge in [-0.2, -0.15) is 0 Å². The maximum Gasteiger partial charge on any atom is 0.261 e. The van der Waals surface area contributed by atoms with Crippen LogP contribution in [0, 0.1) is 13.8 Å². The third-order valence-corrected chi connectivity index (χ3v) is 6.78. The highest BCUT2D eigenvalue weighted by Gasteiger charge is 2.29. The largest absolute Gasteiger partial charge is 0.349 e. The highest BCUT2D eigenvalue weighted by atomic mass is 32.1. The summed E-state index contributed by atoms with van der Waals surface area (Å²) in [6.45, 7) is 9.62. The molecule has 0 unspecified atom stereocenters. The Morgan fingerprint density at radius 1 is 1.19 bits per heavy atom. The highest BCUT2D eigenvalue weighted by Crippen LogP contribution is 2.40. The Labute approximate surface area is 159 Å². The molecule has 26 heavy (non-hydrogen) atoms. The van der Waals surface area contributed by atoms with E-state index in [0.29, 0.717) is 5.92 Å². The van der Waals surface area contributed by atoms with Gasteiger partial charge in [-0.25, -0.2) is 9.97 Å². The minimum absolute atomic E-state index is 0.0619. The summed E-state index contributed by atoms with van der Waals surface area (Å²) in [5.41, 5.74) is 2.04. The van der Waals surface area contributed by atoms with Crippen molar-refractivity contribution in [2.45, 2.75) is 64.8 Å². The van der Waals surface area contributed by atoms with Crippen LogP contribution in [0.1, 0.15) is 71.7 Å². The van der Waals surface area contributed by atoms with Crippen molar-refractivity contribution in [1.82, 2.24) is 20.2 Å². The normalized spacial score (nSPS) is 19.2. The zero-order valence-electron chi connectivity index (χ0n) is 16.0. The van der Waals surface area contributed by atoms with Crippen molar-refractivity contribution in [3.8, 4) is 0 Å². The second-order valence-electron chi connectivity index (χ2n) is 7.77. The Hall–Kier alpha value is -1.53. The van der Waals surface area contributed by atoms with Gasteiger partial charge in [-0.15, -0.1) is 11.3 Å². The number of nitrogens with zero attached hydrogens (tertiary/aromatic N) is 3. The van der Waals surface area contributed by atoms with E-state index in [9.17, 15) is 4.79 Å². The zero-order chi connectivity index (χ0) is 18.3. The molecule has 6 heteroatoms. The standard InChI is InChI=1S/C20H28N4OS/c1-4-9-24-10-7-15(8-11-24)22-19(25)17-12(2)16-13(3)21-18(14-5-6-14)23-20(16)26-17/h14-15H,4-11H2,1-3H3,(H,22,25). The number of piperidine rings is 1. The van der Waals surface area contributed by atoms with Crippen molar-refractivity contribution in [2.75, 3.05) is 19.6 Å². The van der Waals surface area contributed by atoms with Gasteiger partial charge in [0.2, 0.25) is 0 Å². The van der Waals surface area contributed by atoms with Crippen LogP contribution in [0.25, 0.3) is 10.2 Å². The van der Waals surface area contributed by atoms with Crippen LogP contribution in [-0.2, 0) is 0 Å². The molecule has 3 heterocycles. The fourth-order valence-corrected chi connectivity index (χ4v) is 5.11. The molecular weight excluding hydrogens is 344 g/mol. The summed E-state index contributed by atoms with van der Waals surface area (Å²) in [6.07, 6.45) is 5.67. The highest BCUT2D eigenvalue weighted by molar-refractivity contribution is 7.20. The maximum absolute atomic E-state index is 12.9. The van der Waals surface area contributed by atoms with E-state index in [4.69, 9.17) is 9.97 Å². The first-order valence-electron chi connectivity index (χ1n) is 9.87. The van der Waals surface area contributed by atoms with Gasteiger partial charge in [0, 0.05) is 30.4 Å². The first-order valence-corrected chi connectivity index (χ1v) is 10.7. The average Bonchev–Trinajstić information content (AvgIpc) is 3.41. The number of hydrogen-bond donors (Lipinski definition) is 1. The number of carbonyl (C=O) groups excluding carboxylic acids is 1. The SMILES string of the molecule is CCCN1CCC(NC(=O)c2sc3nc(C4CC4)nc(C)c3c2C)CC1. The van der Waals surface area contributed by atoms with Crippen molar-refractivity contribution >= 4 is 27.5 Å². The number of fused-ring (bicyclic) bond motifs is 1. The molecule has 0 atom stereocenters. The molecule has 0 radical (unpaired) electrons. The maximum atomic E-state index is 12.9. The van der Waals surface area contributed by atoms with E-state index in [-0.39, 0.29) is 11.9 Å². The molecule has 2 fully saturated rings. The summed E-state index contributed by atoms with van der Waals surface area (Å²) in [7, 11) is 0. The van der Waals surface area contributed by atoms with Crippen LogP contribution in [0.15, 0.2) is 0 Å². The van der Waals surface area contributed by atoms with Gasteiger partial charge in [-0.3, -0.25) is 4.79 Å². The smallest absolute Gasteiger partial charge is 0.261 e. The molecule has 1 N–H and O–H groups in total. The fraction of sp³-hybridized carbons (Fsp3) is 0.650. The van der Waals surface area contributed by atoms with Crippen LogP contribution in [0.5, 0.6) is 0 Å². The second kappa shape index (κ2) is 7.24. The molecule has 1 saturated heterocycles. The van der Waals surface area contributed by atoms with E-state index in [1.165, 1.54) is 30.6 Å². The van der Waals surface area contributed by atoms with Crippen LogP contribution in [0.4, 0.5) is 0 Å². The minimum Gasteiger partial charge on any atom is -0.349 e. The van der Waals surface area contributed by atoms with E-state index >= 15 is 0 Å². The lowest BCUT2D eigenvalue weighted by Gasteiger charge is -2.32. The summed E-state index contributed by atoms with van der Waals surface area (Å²) in [4.78, 5) is 26.6. The number of aromatic nitrogens is 2. The number of nitrogens with one attached hydrogen (secondary N) is 1. The van der Waals surface area contributed by atoms with Gasteiger partial charge >= 0.3 is 0 Å². The van der Waals surface area contributed by atoms with Crippen molar-refractivity contribution in [2.24, 2.45) is 0 Å². The fourth-order valence-electron chi connectivity index (χ4n) is 3.97. The summed E-state index contributed by atoms with van der Waals surface area (Å²) in [5.74, 6) is 1.56. The topological polar surface area (TPSA) is 58.1 Å². The van der Waals surface area contributed by atoms with Gasteiger partial charge in [0.15, 0.2) is 0 Å². The van der Waals surface area contributed by atoms with E-state index in [2.05, 4.69) is 17.1 Å². The number of rotatable bonds is 5. The Balaban J connectivity index is 1.50. The van der Waals surface area contributed by atoms with Gasteiger partial charge < -0.3 is 10.2 Å². The van der Waals surface area contributed by atoms with Crippen LogP contribution in [0.3, 0.4) is 0 Å². The molecule has 1 amide bonds. The van der Waals surface area contributed by atoms with Gasteiger partial charge in [-0.05, 0) is 58.1 Å². The van der Waals surface area contributed by atoms with Crippen molar-refractivity contribution in [1.29, 1.82) is 0 Å². The molecule has 0 aromatic carbocycles. The number of aryl methyl sites for hydroxylation is 2. The molecular formula is C20H28N4OS. The number of likely N-dealkylation sites (tertiary alicyclic amines) is 1. The predicted molar refractivity (Wildman–Crippen MR) is 106 cm³/mol. The van der Waals surface area contributed by atoms with Crippen LogP contribution in [0.2, 0.25) is 0 Å². The molecule has 1 aliphatic carbocycles. The monoisotopic (exact) mass is 372 g/mol. The molecule has 140 valence electrons. The molecule has 1 aliphatic heterocycles. The molecule has 4 rings (SSSR count). The predicted octanol–water partition coefficient (Wildman–Crippen LogP) is 3.79. The Morgan fingerprint density at radius 3 is 2.58 bits per heavy atom. The number of thiophene rings is 1. The summed E-state index contributed by atoms with van der Waals surface area (Å²) < 4.78 is 0. The van der Waals surface area contributed by atoms with Crippen molar-refractivity contribution in [3.63, 3.8) is 0 Å². The van der Waals surface area contributed by atoms with Gasteiger partial charge in [0.05, 0.1) is 10.6 Å². The first kappa shape index (κ1) is 17.9. The average molecular weight is 373 g/mol. The van der Waals surface area contributed by atoms with E-state index in [1.54, 1.807) is 0 Å². The lowest BCUT2D eigenvalue weighted by atomic mass is 10.0. The third-order valence-electron chi connectivity index (χ3n) is 5.60. The zero-order valence-corrected chi connectivity index (χ0v) is 16.8. The van der Waals surface area contributed by atoms with E-state index in [0.717, 1.165) is 64.7 Å². The Morgan fingerprint density at radius 2 is 1.92 bits per heavy atom. The number of carbonyl (C=O) groups is 1. The van der Waals surface area contributed by atoms with E-state index < -0.39 is 0 Å². The van der Waals surface area contributed by atoms with Crippen molar-refractivity contribution < 1.29 is 4.79 Å². The minimum atomic E-state index is 0.0619. The summed E-state index contributed by atoms with van der Waals surface area (Å²) in [5, 5.41) is 4.34. The molecule has 5 nitrogen and oxygen atoms in total. The van der Waals surface area contributed by atoms with Gasteiger partial charge in [0.25, 0.3) is 5.91 Å². The van der Waals surface area contributed by atoms with Gasteiger partial charge in [0.1, 0.15) is 10.7 Å². The molecule has 0 bridgehead atoms. The van der Waals surface area contributed by atoms with E-state index in [1.807, 2.05) is 13.8 Å². The van der Waals surface area contributed by atoms with Crippen LogP contribution >= 0.6 is 11.3 Å². The van der Waals surface area contributed by atoms with Gasteiger partial charge in [-0.1, -0.05) is 6.92 Å². The molecule has 1 saturated carbocycles. The Kier molecular flexibility index (Phi) is 4.97. The molecule has 2 aromatic rings. The Bertz CT molecular complexity index is 819.